The molecule has 3 heteroatoms. The number of H-pyrrole nitrogens is 1. The van der Waals surface area contributed by atoms with Crippen molar-refractivity contribution in [3.8, 4) is 11.4 Å². The lowest BCUT2D eigenvalue weighted by Crippen LogP contribution is -2.14. The molecule has 1 aromatic heterocycles. The molecule has 0 amide bonds. The number of hydrogen-bond donors (Lipinski definition) is 2. The third-order valence-corrected chi connectivity index (χ3v) is 2.36. The molecular weight excluding hydrogens is 188 g/mol. The van der Waals surface area contributed by atoms with Crippen molar-refractivity contribution in [2.75, 3.05) is 0 Å². The van der Waals surface area contributed by atoms with Gasteiger partial charge in [0, 0.05) is 18.0 Å². The highest BCUT2D eigenvalue weighted by atomic mass is 16.3. The van der Waals surface area contributed by atoms with Gasteiger partial charge in [0.1, 0.15) is 5.82 Å². The largest absolute Gasteiger partial charge is 0.386 e. The highest BCUT2D eigenvalue weighted by molar-refractivity contribution is 5.55. The molecule has 0 spiro atoms. The van der Waals surface area contributed by atoms with E-state index in [0.717, 1.165) is 17.0 Å². The van der Waals surface area contributed by atoms with Crippen LogP contribution in [0.5, 0.6) is 0 Å². The fourth-order valence-corrected chi connectivity index (χ4v) is 1.46. The van der Waals surface area contributed by atoms with Gasteiger partial charge in [-0.05, 0) is 19.4 Å². The predicted molar refractivity (Wildman–Crippen MR) is 59.3 cm³/mol. The Morgan fingerprint density at radius 2 is 1.87 bits per heavy atom. The Morgan fingerprint density at radius 3 is 2.33 bits per heavy atom. The van der Waals surface area contributed by atoms with Gasteiger partial charge in [-0.1, -0.05) is 24.3 Å². The first-order valence-electron chi connectivity index (χ1n) is 4.90. The number of hydrogen-bond acceptors (Lipinski definition) is 2. The maximum atomic E-state index is 9.79. The van der Waals surface area contributed by atoms with Crippen molar-refractivity contribution in [3.63, 3.8) is 0 Å². The van der Waals surface area contributed by atoms with E-state index in [1.807, 2.05) is 24.3 Å². The van der Waals surface area contributed by atoms with Crippen molar-refractivity contribution in [2.45, 2.75) is 19.4 Å². The average Bonchev–Trinajstić information content (AvgIpc) is 2.69. The quantitative estimate of drug-likeness (QED) is 0.785. The van der Waals surface area contributed by atoms with Crippen LogP contribution in [0.4, 0.5) is 0 Å². The molecule has 0 atom stereocenters. The second-order valence-electron chi connectivity index (χ2n) is 4.07. The summed E-state index contributed by atoms with van der Waals surface area (Å²) in [5, 5.41) is 9.79. The summed E-state index contributed by atoms with van der Waals surface area (Å²) in [6.07, 6.45) is 3.51. The Balaban J connectivity index is 2.33. The van der Waals surface area contributed by atoms with Gasteiger partial charge in [0.2, 0.25) is 0 Å². The smallest absolute Gasteiger partial charge is 0.137 e. The Kier molecular flexibility index (Phi) is 2.32. The normalized spacial score (nSPS) is 11.7. The first kappa shape index (κ1) is 9.93. The summed E-state index contributed by atoms with van der Waals surface area (Å²) >= 11 is 0. The molecule has 0 radical (unpaired) electrons. The van der Waals surface area contributed by atoms with E-state index in [9.17, 15) is 5.11 Å². The standard InChI is InChI=1S/C12H14N2O/c1-12(2,15)10-5-3-9(4-6-10)11-13-7-8-14-11/h3-8,15H,1-2H3,(H,13,14). The number of rotatable bonds is 2. The van der Waals surface area contributed by atoms with Crippen LogP contribution in [0.25, 0.3) is 11.4 Å². The lowest BCUT2D eigenvalue weighted by molar-refractivity contribution is 0.0786. The molecule has 0 saturated heterocycles. The topological polar surface area (TPSA) is 48.9 Å². The predicted octanol–water partition coefficient (Wildman–Crippen LogP) is 2.30. The van der Waals surface area contributed by atoms with Crippen LogP contribution in [-0.4, -0.2) is 15.1 Å². The summed E-state index contributed by atoms with van der Waals surface area (Å²) in [5.41, 5.74) is 1.13. The van der Waals surface area contributed by atoms with Crippen molar-refractivity contribution >= 4 is 0 Å². The number of imidazole rings is 1. The molecular formula is C12H14N2O. The highest BCUT2D eigenvalue weighted by Gasteiger charge is 2.15. The maximum Gasteiger partial charge on any atom is 0.137 e. The third kappa shape index (κ3) is 2.07. The molecule has 2 aromatic rings. The Morgan fingerprint density at radius 1 is 1.20 bits per heavy atom. The van der Waals surface area contributed by atoms with E-state index in [4.69, 9.17) is 0 Å². The van der Waals surface area contributed by atoms with Crippen molar-refractivity contribution in [2.24, 2.45) is 0 Å². The van der Waals surface area contributed by atoms with Gasteiger partial charge in [0.15, 0.2) is 0 Å². The van der Waals surface area contributed by atoms with E-state index in [0.29, 0.717) is 0 Å². The fourth-order valence-electron chi connectivity index (χ4n) is 1.46. The number of aromatic amines is 1. The third-order valence-electron chi connectivity index (χ3n) is 2.36. The number of benzene rings is 1. The van der Waals surface area contributed by atoms with Crippen LogP contribution in [0.15, 0.2) is 36.7 Å². The van der Waals surface area contributed by atoms with Crippen LogP contribution in [0.3, 0.4) is 0 Å². The molecule has 0 aliphatic carbocycles. The van der Waals surface area contributed by atoms with Crippen LogP contribution >= 0.6 is 0 Å². The van der Waals surface area contributed by atoms with Crippen LogP contribution in [0.2, 0.25) is 0 Å². The second-order valence-corrected chi connectivity index (χ2v) is 4.07. The molecule has 15 heavy (non-hydrogen) atoms. The van der Waals surface area contributed by atoms with Gasteiger partial charge in [-0.25, -0.2) is 4.98 Å². The molecule has 0 saturated carbocycles. The molecule has 1 aromatic carbocycles. The van der Waals surface area contributed by atoms with Gasteiger partial charge in [0.25, 0.3) is 0 Å². The second kappa shape index (κ2) is 3.51. The van der Waals surface area contributed by atoms with Crippen LogP contribution in [-0.2, 0) is 5.60 Å². The van der Waals surface area contributed by atoms with Gasteiger partial charge in [0.05, 0.1) is 5.60 Å². The van der Waals surface area contributed by atoms with Crippen molar-refractivity contribution in [3.05, 3.63) is 42.2 Å². The first-order chi connectivity index (χ1) is 7.07. The zero-order valence-electron chi connectivity index (χ0n) is 8.86. The van der Waals surface area contributed by atoms with Crippen molar-refractivity contribution in [1.29, 1.82) is 0 Å². The molecule has 1 heterocycles. The Labute approximate surface area is 88.8 Å². The van der Waals surface area contributed by atoms with E-state index < -0.39 is 5.60 Å². The molecule has 0 unspecified atom stereocenters. The summed E-state index contributed by atoms with van der Waals surface area (Å²) in [5.74, 6) is 0.845. The van der Waals surface area contributed by atoms with Gasteiger partial charge in [-0.3, -0.25) is 0 Å². The molecule has 3 nitrogen and oxygen atoms in total. The summed E-state index contributed by atoms with van der Waals surface area (Å²) in [6.45, 7) is 3.55. The maximum absolute atomic E-state index is 9.79. The first-order valence-corrected chi connectivity index (χ1v) is 4.90. The fraction of sp³-hybridized carbons (Fsp3) is 0.250. The van der Waals surface area contributed by atoms with Crippen molar-refractivity contribution < 1.29 is 5.11 Å². The highest BCUT2D eigenvalue weighted by Crippen LogP contribution is 2.22. The molecule has 0 fully saturated rings. The lowest BCUT2D eigenvalue weighted by Gasteiger charge is -2.17. The number of aliphatic hydroxyl groups is 1. The number of aromatic nitrogens is 2. The SMILES string of the molecule is CC(C)(O)c1ccc(-c2ncc[nH]2)cc1. The number of nitrogens with one attached hydrogen (secondary N) is 1. The van der Waals surface area contributed by atoms with Gasteiger partial charge < -0.3 is 10.1 Å². The van der Waals surface area contributed by atoms with Crippen LogP contribution in [0.1, 0.15) is 19.4 Å². The van der Waals surface area contributed by atoms with Crippen molar-refractivity contribution in [1.82, 2.24) is 9.97 Å². The molecule has 2 rings (SSSR count). The lowest BCUT2D eigenvalue weighted by atomic mass is 9.97. The summed E-state index contributed by atoms with van der Waals surface area (Å²) in [6, 6.07) is 7.73. The molecule has 0 bridgehead atoms. The van der Waals surface area contributed by atoms with E-state index in [-0.39, 0.29) is 0 Å². The summed E-state index contributed by atoms with van der Waals surface area (Å²) in [7, 11) is 0. The molecule has 2 N–H and O–H groups in total. The average molecular weight is 202 g/mol. The molecule has 0 aliphatic rings. The minimum atomic E-state index is -0.790. The van der Waals surface area contributed by atoms with Gasteiger partial charge >= 0.3 is 0 Å². The van der Waals surface area contributed by atoms with E-state index in [2.05, 4.69) is 9.97 Å². The summed E-state index contributed by atoms with van der Waals surface area (Å²) in [4.78, 5) is 7.20. The van der Waals surface area contributed by atoms with Gasteiger partial charge in [-0.2, -0.15) is 0 Å². The Bertz CT molecular complexity index is 424. The zero-order valence-corrected chi connectivity index (χ0v) is 8.86. The minimum absolute atomic E-state index is 0.790. The summed E-state index contributed by atoms with van der Waals surface area (Å²) < 4.78 is 0. The monoisotopic (exact) mass is 202 g/mol. The van der Waals surface area contributed by atoms with E-state index in [1.54, 1.807) is 26.2 Å². The van der Waals surface area contributed by atoms with Gasteiger partial charge in [-0.15, -0.1) is 0 Å². The molecule has 0 aliphatic heterocycles. The van der Waals surface area contributed by atoms with Crippen LogP contribution < -0.4 is 0 Å². The number of nitrogens with zero attached hydrogens (tertiary/aromatic N) is 1. The zero-order chi connectivity index (χ0) is 10.9. The van der Waals surface area contributed by atoms with Crippen LogP contribution in [0, 0.1) is 0 Å². The molecule has 78 valence electrons. The van der Waals surface area contributed by atoms with E-state index in [1.165, 1.54) is 0 Å². The Hall–Kier alpha value is -1.61. The van der Waals surface area contributed by atoms with E-state index >= 15 is 0 Å². The minimum Gasteiger partial charge on any atom is -0.386 e.